The van der Waals surface area contributed by atoms with Crippen LogP contribution >= 0.6 is 0 Å². The molecule has 0 aliphatic rings. The molecule has 0 saturated heterocycles. The number of aromatic nitrogens is 6. The fourth-order valence-electron chi connectivity index (χ4n) is 2.81. The molecule has 4 rings (SSSR count). The first-order chi connectivity index (χ1) is 16.6. The molecule has 0 spiro atoms. The van der Waals surface area contributed by atoms with Gasteiger partial charge in [-0.15, -0.1) is 5.10 Å². The lowest BCUT2D eigenvalue weighted by Gasteiger charge is -2.05. The molecule has 4 N–H and O–H groups in total. The van der Waals surface area contributed by atoms with Crippen molar-refractivity contribution in [3.8, 4) is 0 Å². The van der Waals surface area contributed by atoms with Gasteiger partial charge in [-0.2, -0.15) is 0 Å². The Balaban J connectivity index is 1.31. The van der Waals surface area contributed by atoms with Crippen molar-refractivity contribution in [3.63, 3.8) is 0 Å². The van der Waals surface area contributed by atoms with Crippen LogP contribution in [-0.2, 0) is 13.1 Å². The predicted molar refractivity (Wildman–Crippen MR) is 116 cm³/mol. The molecule has 0 aliphatic carbocycles. The third kappa shape index (κ3) is 5.74. The molecule has 14 heteroatoms. The lowest BCUT2D eigenvalue weighted by atomic mass is 10.3. The molecule has 0 bridgehead atoms. The van der Waals surface area contributed by atoms with E-state index in [1.165, 1.54) is 24.3 Å². The Bertz CT molecular complexity index is 1260. The van der Waals surface area contributed by atoms with Crippen LogP contribution in [-0.4, -0.2) is 53.8 Å². The standard InChI is InChI=1S/C20H19FN10O3/c21-13-4-6-14(7-5-13)25-19(27-33)17-18(29-34-28-17)23-9-10-31-12-15(26-30-31)11-24-20(32)16-3-1-2-8-22-16/h1-8,12,33H,9-11H2,(H,23,29)(H,24,32)(H,25,27). The van der Waals surface area contributed by atoms with Gasteiger partial charge >= 0.3 is 0 Å². The number of benzene rings is 1. The van der Waals surface area contributed by atoms with Gasteiger partial charge in [0.2, 0.25) is 5.82 Å². The molecular weight excluding hydrogens is 447 g/mol. The molecule has 174 valence electrons. The molecule has 0 saturated carbocycles. The minimum absolute atomic E-state index is 0.0398. The number of aliphatic imine (C=N–C) groups is 1. The van der Waals surface area contributed by atoms with Gasteiger partial charge in [-0.3, -0.25) is 25.1 Å². The van der Waals surface area contributed by atoms with Crippen LogP contribution in [0.2, 0.25) is 0 Å². The van der Waals surface area contributed by atoms with Crippen LogP contribution in [0.15, 0.2) is 64.5 Å². The van der Waals surface area contributed by atoms with Gasteiger partial charge in [0, 0.05) is 12.7 Å². The number of halogens is 1. The number of hydrogen-bond acceptors (Lipinski definition) is 10. The average Bonchev–Trinajstić information content (AvgIpc) is 3.52. The van der Waals surface area contributed by atoms with Crippen LogP contribution in [0.3, 0.4) is 0 Å². The van der Waals surface area contributed by atoms with E-state index in [4.69, 9.17) is 4.63 Å². The zero-order valence-corrected chi connectivity index (χ0v) is 17.6. The largest absolute Gasteiger partial charge is 0.363 e. The Morgan fingerprint density at radius 1 is 1.18 bits per heavy atom. The van der Waals surface area contributed by atoms with Crippen molar-refractivity contribution in [2.75, 3.05) is 11.9 Å². The molecule has 0 unspecified atom stereocenters. The molecule has 13 nitrogen and oxygen atoms in total. The van der Waals surface area contributed by atoms with Crippen molar-refractivity contribution in [3.05, 3.63) is 77.8 Å². The third-order valence-corrected chi connectivity index (χ3v) is 4.43. The second-order valence-corrected chi connectivity index (χ2v) is 6.81. The Morgan fingerprint density at radius 3 is 2.79 bits per heavy atom. The summed E-state index contributed by atoms with van der Waals surface area (Å²) < 4.78 is 19.4. The number of anilines is 1. The van der Waals surface area contributed by atoms with Crippen LogP contribution in [0, 0.1) is 5.82 Å². The fraction of sp³-hybridized carbons (Fsp3) is 0.150. The highest BCUT2D eigenvalue weighted by atomic mass is 19.1. The Morgan fingerprint density at radius 2 is 2.03 bits per heavy atom. The maximum atomic E-state index is 13.1. The molecule has 3 aromatic heterocycles. The number of amides is 1. The minimum Gasteiger partial charge on any atom is -0.363 e. The molecule has 1 aromatic carbocycles. The van der Waals surface area contributed by atoms with Gasteiger partial charge in [0.15, 0.2) is 11.5 Å². The first-order valence-corrected chi connectivity index (χ1v) is 10.0. The highest BCUT2D eigenvalue weighted by Crippen LogP contribution is 2.16. The van der Waals surface area contributed by atoms with Gasteiger partial charge < -0.3 is 10.6 Å². The first kappa shape index (κ1) is 22.5. The Kier molecular flexibility index (Phi) is 7.09. The van der Waals surface area contributed by atoms with E-state index >= 15 is 0 Å². The van der Waals surface area contributed by atoms with Crippen LogP contribution in [0.4, 0.5) is 15.9 Å². The summed E-state index contributed by atoms with van der Waals surface area (Å²) in [7, 11) is 0. The van der Waals surface area contributed by atoms with Crippen LogP contribution in [0.25, 0.3) is 0 Å². The molecule has 3 heterocycles. The summed E-state index contributed by atoms with van der Waals surface area (Å²) in [5.41, 5.74) is 3.35. The van der Waals surface area contributed by atoms with E-state index in [1.54, 1.807) is 35.3 Å². The molecule has 4 aromatic rings. The van der Waals surface area contributed by atoms with E-state index in [9.17, 15) is 14.4 Å². The van der Waals surface area contributed by atoms with E-state index in [0.29, 0.717) is 30.2 Å². The van der Waals surface area contributed by atoms with E-state index in [0.717, 1.165) is 0 Å². The number of hydroxylamine groups is 1. The van der Waals surface area contributed by atoms with Crippen molar-refractivity contribution in [2.24, 2.45) is 4.99 Å². The number of nitrogens with one attached hydrogen (secondary N) is 3. The molecule has 0 fully saturated rings. The molecular formula is C20H19FN10O3. The Labute approximate surface area is 191 Å². The van der Waals surface area contributed by atoms with E-state index < -0.39 is 5.82 Å². The van der Waals surface area contributed by atoms with Crippen molar-refractivity contribution < 1.29 is 19.0 Å². The number of rotatable bonds is 9. The van der Waals surface area contributed by atoms with Gasteiger partial charge in [0.25, 0.3) is 5.91 Å². The number of nitrogens with zero attached hydrogens (tertiary/aromatic N) is 7. The molecule has 0 atom stereocenters. The van der Waals surface area contributed by atoms with Crippen molar-refractivity contribution >= 4 is 23.2 Å². The second-order valence-electron chi connectivity index (χ2n) is 6.81. The van der Waals surface area contributed by atoms with E-state index in [2.05, 4.69) is 41.2 Å². The number of carbonyl (C=O) groups is 1. The average molecular weight is 466 g/mol. The zero-order chi connectivity index (χ0) is 23.8. The van der Waals surface area contributed by atoms with Crippen molar-refractivity contribution in [1.82, 2.24) is 41.1 Å². The van der Waals surface area contributed by atoms with Crippen LogP contribution in [0.5, 0.6) is 0 Å². The zero-order valence-electron chi connectivity index (χ0n) is 17.6. The summed E-state index contributed by atoms with van der Waals surface area (Å²) in [6, 6.07) is 10.4. The van der Waals surface area contributed by atoms with Gasteiger partial charge in [-0.05, 0) is 46.7 Å². The topological polar surface area (TPSA) is 168 Å². The molecule has 1 amide bonds. The Hall–Kier alpha value is -4.72. The fourth-order valence-corrected chi connectivity index (χ4v) is 2.81. The predicted octanol–water partition coefficient (Wildman–Crippen LogP) is 1.29. The SMILES string of the molecule is O=C(NCc1cn(CCNc2nonc2C(=Nc2ccc(F)cc2)NO)nn1)c1ccccn1. The van der Waals surface area contributed by atoms with Crippen molar-refractivity contribution in [2.45, 2.75) is 13.1 Å². The van der Waals surface area contributed by atoms with Gasteiger partial charge in [-0.25, -0.2) is 14.0 Å². The summed E-state index contributed by atoms with van der Waals surface area (Å²) >= 11 is 0. The summed E-state index contributed by atoms with van der Waals surface area (Å²) in [4.78, 5) is 20.2. The summed E-state index contributed by atoms with van der Waals surface area (Å²) in [6.45, 7) is 0.968. The first-order valence-electron chi connectivity index (χ1n) is 10.0. The monoisotopic (exact) mass is 466 g/mol. The number of amidine groups is 1. The van der Waals surface area contributed by atoms with Gasteiger partial charge in [-0.1, -0.05) is 11.3 Å². The third-order valence-electron chi connectivity index (χ3n) is 4.43. The number of pyridine rings is 1. The minimum atomic E-state index is -0.408. The summed E-state index contributed by atoms with van der Waals surface area (Å²) in [5, 5.41) is 30.7. The van der Waals surface area contributed by atoms with Gasteiger partial charge in [0.1, 0.15) is 17.2 Å². The highest BCUT2D eigenvalue weighted by Gasteiger charge is 2.16. The van der Waals surface area contributed by atoms with Crippen molar-refractivity contribution in [1.29, 1.82) is 0 Å². The molecule has 0 radical (unpaired) electrons. The van der Waals surface area contributed by atoms with E-state index in [-0.39, 0.29) is 29.8 Å². The highest BCUT2D eigenvalue weighted by molar-refractivity contribution is 6.01. The lowest BCUT2D eigenvalue weighted by molar-refractivity contribution is 0.0945. The lowest BCUT2D eigenvalue weighted by Crippen LogP contribution is -2.23. The quantitative estimate of drug-likeness (QED) is 0.160. The second kappa shape index (κ2) is 10.7. The molecule has 0 aliphatic heterocycles. The maximum absolute atomic E-state index is 13.1. The molecule has 34 heavy (non-hydrogen) atoms. The number of hydrogen-bond donors (Lipinski definition) is 4. The van der Waals surface area contributed by atoms with Crippen LogP contribution in [0.1, 0.15) is 21.9 Å². The normalized spacial score (nSPS) is 11.3. The van der Waals surface area contributed by atoms with Gasteiger partial charge in [0.05, 0.1) is 25.0 Å². The number of carbonyl (C=O) groups excluding carboxylic acids is 1. The maximum Gasteiger partial charge on any atom is 0.270 e. The van der Waals surface area contributed by atoms with Crippen LogP contribution < -0.4 is 16.1 Å². The smallest absolute Gasteiger partial charge is 0.270 e. The van der Waals surface area contributed by atoms with E-state index in [1.807, 2.05) is 5.48 Å². The summed E-state index contributed by atoms with van der Waals surface area (Å²) in [5.74, 6) is -0.527. The summed E-state index contributed by atoms with van der Waals surface area (Å²) in [6.07, 6.45) is 3.24.